The Kier molecular flexibility index (Phi) is 5.16. The van der Waals surface area contributed by atoms with Crippen molar-refractivity contribution >= 4 is 11.8 Å². The third-order valence-corrected chi connectivity index (χ3v) is 4.86. The van der Waals surface area contributed by atoms with Gasteiger partial charge in [-0.05, 0) is 30.7 Å². The minimum absolute atomic E-state index is 0.162. The number of benzene rings is 1. The number of thioether (sulfide) groups is 1. The number of hydrogen-bond donors (Lipinski definition) is 1. The summed E-state index contributed by atoms with van der Waals surface area (Å²) in [5.74, 6) is 0.928. The summed E-state index contributed by atoms with van der Waals surface area (Å²) >= 11 is 1.80. The van der Waals surface area contributed by atoms with Gasteiger partial charge in [0.05, 0.1) is 5.56 Å². The monoisotopic (exact) mass is 322 g/mol. The zero-order chi connectivity index (χ0) is 15.6. The average Bonchev–Trinajstić information content (AvgIpc) is 2.40. The normalized spacial score (nSPS) is 22.3. The Bertz CT molecular complexity index is 492. The molecule has 7 heteroatoms. The van der Waals surface area contributed by atoms with E-state index in [1.807, 2.05) is 6.92 Å². The fourth-order valence-electron chi connectivity index (χ4n) is 2.63. The lowest BCUT2D eigenvalue weighted by Gasteiger charge is -2.39. The summed E-state index contributed by atoms with van der Waals surface area (Å²) in [5, 5.41) is 0. The molecule has 1 aliphatic rings. The Morgan fingerprint density at radius 1 is 1.38 bits per heavy atom. The number of halogens is 4. The third kappa shape index (κ3) is 3.90. The fraction of sp³-hybridized carbons (Fsp3) is 0.571. The van der Waals surface area contributed by atoms with Crippen molar-refractivity contribution in [1.29, 1.82) is 0 Å². The van der Waals surface area contributed by atoms with Gasteiger partial charge in [0.15, 0.2) is 0 Å². The van der Waals surface area contributed by atoms with Gasteiger partial charge in [0.2, 0.25) is 0 Å². The SMILES string of the molecule is CC1CSCCN1C(CN)c1cc(F)cc(C(F)(F)F)c1. The topological polar surface area (TPSA) is 29.3 Å². The second kappa shape index (κ2) is 6.54. The van der Waals surface area contributed by atoms with Crippen LogP contribution in [0.2, 0.25) is 0 Å². The molecular weight excluding hydrogens is 304 g/mol. The van der Waals surface area contributed by atoms with Gasteiger partial charge in [0.25, 0.3) is 0 Å². The lowest BCUT2D eigenvalue weighted by molar-refractivity contribution is -0.137. The van der Waals surface area contributed by atoms with Gasteiger partial charge in [-0.3, -0.25) is 4.90 Å². The van der Waals surface area contributed by atoms with Gasteiger partial charge in [-0.25, -0.2) is 4.39 Å². The lowest BCUT2D eigenvalue weighted by atomic mass is 10.0. The number of nitrogens with zero attached hydrogens (tertiary/aromatic N) is 1. The molecule has 21 heavy (non-hydrogen) atoms. The predicted octanol–water partition coefficient (Wildman–Crippen LogP) is 3.28. The Labute approximate surface area is 125 Å². The van der Waals surface area contributed by atoms with E-state index in [-0.39, 0.29) is 12.6 Å². The van der Waals surface area contributed by atoms with Crippen LogP contribution in [-0.2, 0) is 6.18 Å². The van der Waals surface area contributed by atoms with Crippen molar-refractivity contribution in [2.24, 2.45) is 5.73 Å². The van der Waals surface area contributed by atoms with Crippen LogP contribution in [-0.4, -0.2) is 35.5 Å². The predicted molar refractivity (Wildman–Crippen MR) is 76.7 cm³/mol. The highest BCUT2D eigenvalue weighted by Gasteiger charge is 2.33. The van der Waals surface area contributed by atoms with Crippen LogP contribution in [0.3, 0.4) is 0 Å². The molecular formula is C14H18F4N2S. The summed E-state index contributed by atoms with van der Waals surface area (Å²) in [6.45, 7) is 2.92. The number of rotatable bonds is 3. The van der Waals surface area contributed by atoms with Gasteiger partial charge in [-0.2, -0.15) is 24.9 Å². The molecule has 0 bridgehead atoms. The van der Waals surface area contributed by atoms with Crippen LogP contribution in [0.4, 0.5) is 17.6 Å². The average molecular weight is 322 g/mol. The molecule has 2 nitrogen and oxygen atoms in total. The molecule has 0 saturated carbocycles. The van der Waals surface area contributed by atoms with Crippen LogP contribution < -0.4 is 5.73 Å². The molecule has 1 aromatic rings. The first-order valence-electron chi connectivity index (χ1n) is 6.74. The van der Waals surface area contributed by atoms with Crippen molar-refractivity contribution in [3.05, 3.63) is 35.1 Å². The van der Waals surface area contributed by atoms with Crippen molar-refractivity contribution in [3.8, 4) is 0 Å². The Balaban J connectivity index is 2.35. The quantitative estimate of drug-likeness (QED) is 0.866. The minimum Gasteiger partial charge on any atom is -0.329 e. The van der Waals surface area contributed by atoms with Crippen molar-refractivity contribution in [2.45, 2.75) is 25.2 Å². The van der Waals surface area contributed by atoms with Gasteiger partial charge < -0.3 is 5.73 Å². The molecule has 2 rings (SSSR count). The van der Waals surface area contributed by atoms with Gasteiger partial charge >= 0.3 is 6.18 Å². The van der Waals surface area contributed by atoms with Crippen LogP contribution in [0.1, 0.15) is 24.1 Å². The smallest absolute Gasteiger partial charge is 0.329 e. The van der Waals surface area contributed by atoms with Crippen LogP contribution in [0.15, 0.2) is 18.2 Å². The van der Waals surface area contributed by atoms with Crippen LogP contribution in [0.25, 0.3) is 0 Å². The molecule has 1 saturated heterocycles. The number of alkyl halides is 3. The van der Waals surface area contributed by atoms with Gasteiger partial charge in [-0.1, -0.05) is 0 Å². The van der Waals surface area contributed by atoms with Gasteiger partial charge in [0.1, 0.15) is 5.82 Å². The van der Waals surface area contributed by atoms with E-state index in [1.54, 1.807) is 11.8 Å². The third-order valence-electron chi connectivity index (χ3n) is 3.67. The molecule has 1 aliphatic heterocycles. The largest absolute Gasteiger partial charge is 0.416 e. The summed E-state index contributed by atoms with van der Waals surface area (Å²) in [4.78, 5) is 2.06. The van der Waals surface area contributed by atoms with E-state index in [4.69, 9.17) is 5.73 Å². The number of hydrogen-bond acceptors (Lipinski definition) is 3. The molecule has 0 spiro atoms. The van der Waals surface area contributed by atoms with E-state index in [2.05, 4.69) is 4.90 Å². The fourth-order valence-corrected chi connectivity index (χ4v) is 3.67. The summed E-state index contributed by atoms with van der Waals surface area (Å²) in [5.41, 5.74) is 5.09. The molecule has 0 radical (unpaired) electrons. The van der Waals surface area contributed by atoms with E-state index >= 15 is 0 Å². The standard InChI is InChI=1S/C14H18F4N2S/c1-9-8-21-3-2-20(9)13(7-19)10-4-11(14(16,17)18)6-12(15)5-10/h4-6,9,13H,2-3,7-8,19H2,1H3. The second-order valence-corrected chi connectivity index (χ2v) is 6.33. The van der Waals surface area contributed by atoms with Crippen molar-refractivity contribution in [1.82, 2.24) is 4.90 Å². The first kappa shape index (κ1) is 16.6. The van der Waals surface area contributed by atoms with E-state index in [9.17, 15) is 17.6 Å². The maximum atomic E-state index is 13.6. The Morgan fingerprint density at radius 2 is 2.10 bits per heavy atom. The summed E-state index contributed by atoms with van der Waals surface area (Å²) in [6.07, 6.45) is -4.56. The molecule has 0 aromatic heterocycles. The highest BCUT2D eigenvalue weighted by atomic mass is 32.2. The molecule has 1 heterocycles. The Hall–Kier alpha value is -0.790. The Morgan fingerprint density at radius 3 is 2.67 bits per heavy atom. The molecule has 1 aromatic carbocycles. The molecule has 1 fully saturated rings. The highest BCUT2D eigenvalue weighted by Crippen LogP contribution is 2.34. The van der Waals surface area contributed by atoms with Gasteiger partial charge in [-0.15, -0.1) is 0 Å². The molecule has 0 aliphatic carbocycles. The van der Waals surface area contributed by atoms with E-state index in [0.717, 1.165) is 30.2 Å². The highest BCUT2D eigenvalue weighted by molar-refractivity contribution is 7.99. The van der Waals surface area contributed by atoms with Crippen molar-refractivity contribution in [2.75, 3.05) is 24.6 Å². The maximum absolute atomic E-state index is 13.6. The van der Waals surface area contributed by atoms with Crippen molar-refractivity contribution in [3.63, 3.8) is 0 Å². The summed E-state index contributed by atoms with van der Waals surface area (Å²) in [6, 6.07) is 2.50. The first-order chi connectivity index (χ1) is 9.82. The maximum Gasteiger partial charge on any atom is 0.416 e. The van der Waals surface area contributed by atoms with E-state index in [1.165, 1.54) is 0 Å². The summed E-state index contributed by atoms with van der Waals surface area (Å²) in [7, 11) is 0. The van der Waals surface area contributed by atoms with E-state index in [0.29, 0.717) is 11.6 Å². The zero-order valence-electron chi connectivity index (χ0n) is 11.7. The lowest BCUT2D eigenvalue weighted by Crippen LogP contribution is -2.45. The zero-order valence-corrected chi connectivity index (χ0v) is 12.5. The van der Waals surface area contributed by atoms with E-state index < -0.39 is 23.6 Å². The van der Waals surface area contributed by atoms with Crippen LogP contribution >= 0.6 is 11.8 Å². The second-order valence-electron chi connectivity index (χ2n) is 5.18. The molecule has 0 amide bonds. The molecule has 2 N–H and O–H groups in total. The van der Waals surface area contributed by atoms with Crippen LogP contribution in [0.5, 0.6) is 0 Å². The summed E-state index contributed by atoms with van der Waals surface area (Å²) < 4.78 is 52.0. The molecule has 2 atom stereocenters. The number of nitrogens with two attached hydrogens (primary N) is 1. The van der Waals surface area contributed by atoms with Crippen LogP contribution in [0, 0.1) is 5.82 Å². The van der Waals surface area contributed by atoms with Gasteiger partial charge in [0, 0.05) is 36.7 Å². The first-order valence-corrected chi connectivity index (χ1v) is 7.89. The van der Waals surface area contributed by atoms with Crippen molar-refractivity contribution < 1.29 is 17.6 Å². The molecule has 2 unspecified atom stereocenters. The minimum atomic E-state index is -4.56. The molecule has 118 valence electrons.